The molecule has 0 fully saturated rings. The third-order valence-corrected chi connectivity index (χ3v) is 3.03. The fourth-order valence-electron chi connectivity index (χ4n) is 1.56. The van der Waals surface area contributed by atoms with Gasteiger partial charge in [-0.2, -0.15) is 0 Å². The predicted octanol–water partition coefficient (Wildman–Crippen LogP) is 2.68. The standard InChI is InChI=1S/C12H9Cl2NO4/c1-18-9(16)5-15-11-7-4-6(13)2-3-8(7)19-12(17)10(11)14/h2-4,15H,5H2,1H3. The van der Waals surface area contributed by atoms with E-state index in [2.05, 4.69) is 10.1 Å². The molecule has 0 radical (unpaired) electrons. The van der Waals surface area contributed by atoms with Gasteiger partial charge in [-0.3, -0.25) is 4.79 Å². The molecule has 19 heavy (non-hydrogen) atoms. The maximum Gasteiger partial charge on any atom is 0.357 e. The monoisotopic (exact) mass is 301 g/mol. The van der Waals surface area contributed by atoms with E-state index in [0.717, 1.165) is 0 Å². The van der Waals surface area contributed by atoms with Crippen LogP contribution in [0.1, 0.15) is 0 Å². The fraction of sp³-hybridized carbons (Fsp3) is 0.167. The molecule has 1 aromatic heterocycles. The Morgan fingerprint density at radius 3 is 2.84 bits per heavy atom. The first-order chi connectivity index (χ1) is 9.02. The molecule has 5 nitrogen and oxygen atoms in total. The Kier molecular flexibility index (Phi) is 3.97. The highest BCUT2D eigenvalue weighted by Gasteiger charge is 2.14. The van der Waals surface area contributed by atoms with E-state index in [-0.39, 0.29) is 11.6 Å². The molecular formula is C12H9Cl2NO4. The summed E-state index contributed by atoms with van der Waals surface area (Å²) in [5.74, 6) is -0.487. The summed E-state index contributed by atoms with van der Waals surface area (Å²) in [4.78, 5) is 22.7. The van der Waals surface area contributed by atoms with Gasteiger partial charge in [-0.05, 0) is 18.2 Å². The quantitative estimate of drug-likeness (QED) is 0.697. The average Bonchev–Trinajstić information content (AvgIpc) is 2.39. The van der Waals surface area contributed by atoms with Gasteiger partial charge in [-0.25, -0.2) is 4.79 Å². The van der Waals surface area contributed by atoms with Crippen LogP contribution in [0.15, 0.2) is 27.4 Å². The molecular weight excluding hydrogens is 293 g/mol. The van der Waals surface area contributed by atoms with E-state index in [9.17, 15) is 9.59 Å². The molecule has 1 aromatic carbocycles. The molecule has 2 aromatic rings. The Hall–Kier alpha value is -1.72. The number of esters is 1. The summed E-state index contributed by atoms with van der Waals surface area (Å²) in [7, 11) is 1.26. The molecule has 7 heteroatoms. The van der Waals surface area contributed by atoms with Crippen molar-refractivity contribution in [1.82, 2.24) is 0 Å². The van der Waals surface area contributed by atoms with Crippen molar-refractivity contribution in [2.75, 3.05) is 19.0 Å². The van der Waals surface area contributed by atoms with Crippen molar-refractivity contribution in [2.45, 2.75) is 0 Å². The first kappa shape index (κ1) is 13.7. The van der Waals surface area contributed by atoms with Crippen LogP contribution in [0, 0.1) is 0 Å². The number of nitrogens with one attached hydrogen (secondary N) is 1. The minimum Gasteiger partial charge on any atom is -0.468 e. The Morgan fingerprint density at radius 2 is 2.16 bits per heavy atom. The SMILES string of the molecule is COC(=O)CNc1c(Cl)c(=O)oc2ccc(Cl)cc12. The third kappa shape index (κ3) is 2.83. The van der Waals surface area contributed by atoms with Crippen LogP contribution in [0.3, 0.4) is 0 Å². The molecule has 0 atom stereocenters. The smallest absolute Gasteiger partial charge is 0.357 e. The Morgan fingerprint density at radius 1 is 1.42 bits per heavy atom. The second-order valence-corrected chi connectivity index (χ2v) is 4.46. The summed E-state index contributed by atoms with van der Waals surface area (Å²) in [6, 6.07) is 4.73. The largest absolute Gasteiger partial charge is 0.468 e. The summed E-state index contributed by atoms with van der Waals surface area (Å²) >= 11 is 11.8. The number of rotatable bonds is 3. The molecule has 0 bridgehead atoms. The minimum absolute atomic E-state index is 0.124. The highest BCUT2D eigenvalue weighted by molar-refractivity contribution is 6.35. The molecule has 0 saturated carbocycles. The summed E-state index contributed by atoms with van der Waals surface area (Å²) in [5, 5.41) is 3.58. The summed E-state index contributed by atoms with van der Waals surface area (Å²) in [6.07, 6.45) is 0. The van der Waals surface area contributed by atoms with Crippen molar-refractivity contribution in [2.24, 2.45) is 0 Å². The van der Waals surface area contributed by atoms with E-state index < -0.39 is 11.6 Å². The van der Waals surface area contributed by atoms with Gasteiger partial charge < -0.3 is 14.5 Å². The van der Waals surface area contributed by atoms with Crippen LogP contribution in [0.5, 0.6) is 0 Å². The van der Waals surface area contributed by atoms with E-state index in [1.165, 1.54) is 7.11 Å². The second-order valence-electron chi connectivity index (χ2n) is 3.65. The number of methoxy groups -OCH3 is 1. The van der Waals surface area contributed by atoms with Crippen molar-refractivity contribution in [3.05, 3.63) is 38.7 Å². The lowest BCUT2D eigenvalue weighted by molar-refractivity contribution is -0.138. The lowest BCUT2D eigenvalue weighted by atomic mass is 10.2. The van der Waals surface area contributed by atoms with Crippen molar-refractivity contribution in [3.8, 4) is 0 Å². The van der Waals surface area contributed by atoms with E-state index in [4.69, 9.17) is 27.6 Å². The van der Waals surface area contributed by atoms with Gasteiger partial charge in [0.25, 0.3) is 0 Å². The molecule has 1 heterocycles. The Balaban J connectivity index is 2.55. The summed E-state index contributed by atoms with van der Waals surface area (Å²) in [6.45, 7) is -0.124. The van der Waals surface area contributed by atoms with E-state index in [0.29, 0.717) is 21.7 Å². The zero-order valence-corrected chi connectivity index (χ0v) is 11.3. The summed E-state index contributed by atoms with van der Waals surface area (Å²) in [5.41, 5.74) is -0.0733. The van der Waals surface area contributed by atoms with Crippen LogP contribution in [-0.2, 0) is 9.53 Å². The molecule has 0 saturated heterocycles. The van der Waals surface area contributed by atoms with Crippen molar-refractivity contribution in [1.29, 1.82) is 0 Å². The number of fused-ring (bicyclic) bond motifs is 1. The van der Waals surface area contributed by atoms with Crippen LogP contribution >= 0.6 is 23.2 Å². The van der Waals surface area contributed by atoms with Crippen LogP contribution < -0.4 is 10.9 Å². The molecule has 1 N–H and O–H groups in total. The molecule has 0 aliphatic rings. The van der Waals surface area contributed by atoms with E-state index >= 15 is 0 Å². The van der Waals surface area contributed by atoms with Gasteiger partial charge in [0.15, 0.2) is 0 Å². The average molecular weight is 302 g/mol. The highest BCUT2D eigenvalue weighted by atomic mass is 35.5. The molecule has 2 rings (SSSR count). The molecule has 0 aliphatic heterocycles. The highest BCUT2D eigenvalue weighted by Crippen LogP contribution is 2.30. The van der Waals surface area contributed by atoms with Gasteiger partial charge in [0.2, 0.25) is 0 Å². The number of hydrogen-bond donors (Lipinski definition) is 1. The van der Waals surface area contributed by atoms with Gasteiger partial charge in [0.05, 0.1) is 12.8 Å². The Bertz CT molecular complexity index is 696. The lowest BCUT2D eigenvalue weighted by Gasteiger charge is -2.09. The Labute approximate surface area is 118 Å². The lowest BCUT2D eigenvalue weighted by Crippen LogP contribution is -2.17. The molecule has 0 unspecified atom stereocenters. The summed E-state index contributed by atoms with van der Waals surface area (Å²) < 4.78 is 9.52. The molecule has 0 spiro atoms. The zero-order chi connectivity index (χ0) is 14.0. The number of carbonyl (C=O) groups excluding carboxylic acids is 1. The van der Waals surface area contributed by atoms with Gasteiger partial charge in [0.1, 0.15) is 17.2 Å². The third-order valence-electron chi connectivity index (χ3n) is 2.45. The number of ether oxygens (including phenoxy) is 1. The number of benzene rings is 1. The van der Waals surface area contributed by atoms with Crippen molar-refractivity contribution < 1.29 is 13.9 Å². The number of anilines is 1. The fourth-order valence-corrected chi connectivity index (χ4v) is 1.94. The molecule has 0 amide bonds. The minimum atomic E-state index is -0.691. The first-order valence-electron chi connectivity index (χ1n) is 5.25. The topological polar surface area (TPSA) is 68.5 Å². The van der Waals surface area contributed by atoms with Gasteiger partial charge >= 0.3 is 11.6 Å². The first-order valence-corrected chi connectivity index (χ1v) is 6.01. The van der Waals surface area contributed by atoms with E-state index in [1.54, 1.807) is 18.2 Å². The van der Waals surface area contributed by atoms with Crippen LogP contribution in [0.4, 0.5) is 5.69 Å². The number of hydrogen-bond acceptors (Lipinski definition) is 5. The predicted molar refractivity (Wildman–Crippen MR) is 73.0 cm³/mol. The van der Waals surface area contributed by atoms with Crippen molar-refractivity contribution in [3.63, 3.8) is 0 Å². The zero-order valence-electron chi connectivity index (χ0n) is 9.83. The number of halogens is 2. The maximum atomic E-state index is 11.6. The van der Waals surface area contributed by atoms with Gasteiger partial charge in [0, 0.05) is 10.4 Å². The van der Waals surface area contributed by atoms with Gasteiger partial charge in [-0.15, -0.1) is 0 Å². The van der Waals surface area contributed by atoms with Crippen LogP contribution in [0.25, 0.3) is 11.0 Å². The van der Waals surface area contributed by atoms with E-state index in [1.807, 2.05) is 0 Å². The van der Waals surface area contributed by atoms with Crippen molar-refractivity contribution >= 4 is 45.8 Å². The van der Waals surface area contributed by atoms with Gasteiger partial charge in [-0.1, -0.05) is 23.2 Å². The van der Waals surface area contributed by atoms with Crippen LogP contribution in [-0.4, -0.2) is 19.6 Å². The van der Waals surface area contributed by atoms with Crippen LogP contribution in [0.2, 0.25) is 10.0 Å². The molecule has 0 aliphatic carbocycles. The number of carbonyl (C=O) groups is 1. The normalized spacial score (nSPS) is 10.5. The maximum absolute atomic E-state index is 11.6. The molecule has 100 valence electrons. The second kappa shape index (κ2) is 5.50.